The molecule has 0 bridgehead atoms. The van der Waals surface area contributed by atoms with Crippen LogP contribution in [0.2, 0.25) is 0 Å². The zero-order valence-electron chi connectivity index (χ0n) is 8.81. The molecular formula is C10H10N2O3S. The Morgan fingerprint density at radius 1 is 1.50 bits per heavy atom. The zero-order valence-corrected chi connectivity index (χ0v) is 9.63. The summed E-state index contributed by atoms with van der Waals surface area (Å²) in [5, 5.41) is 0. The Hall–Kier alpha value is -1.82. The highest BCUT2D eigenvalue weighted by Crippen LogP contribution is 2.37. The first kappa shape index (κ1) is 10.7. The van der Waals surface area contributed by atoms with E-state index < -0.39 is 5.97 Å². The molecule has 0 unspecified atom stereocenters. The van der Waals surface area contributed by atoms with E-state index in [0.29, 0.717) is 21.8 Å². The van der Waals surface area contributed by atoms with Gasteiger partial charge in [0.15, 0.2) is 0 Å². The minimum atomic E-state index is -0.456. The monoisotopic (exact) mass is 238 g/mol. The van der Waals surface area contributed by atoms with Crippen LogP contribution in [0.15, 0.2) is 12.3 Å². The van der Waals surface area contributed by atoms with Gasteiger partial charge < -0.3 is 15.2 Å². The van der Waals surface area contributed by atoms with Gasteiger partial charge in [0, 0.05) is 6.20 Å². The molecule has 2 rings (SSSR count). The number of nitrogen functional groups attached to an aromatic ring is 1. The van der Waals surface area contributed by atoms with Crippen LogP contribution in [0.25, 0.3) is 10.2 Å². The van der Waals surface area contributed by atoms with Crippen molar-refractivity contribution in [3.8, 4) is 5.75 Å². The predicted molar refractivity (Wildman–Crippen MR) is 61.9 cm³/mol. The van der Waals surface area contributed by atoms with Crippen LogP contribution in [0.3, 0.4) is 0 Å². The molecular weight excluding hydrogens is 228 g/mol. The molecule has 2 aromatic heterocycles. The smallest absolute Gasteiger partial charge is 0.350 e. The van der Waals surface area contributed by atoms with Crippen LogP contribution >= 0.6 is 11.3 Å². The van der Waals surface area contributed by atoms with Gasteiger partial charge in [0.2, 0.25) is 0 Å². The highest BCUT2D eigenvalue weighted by Gasteiger charge is 2.19. The number of nitrogens with two attached hydrogens (primary N) is 1. The van der Waals surface area contributed by atoms with Crippen LogP contribution in [0.5, 0.6) is 5.75 Å². The summed E-state index contributed by atoms with van der Waals surface area (Å²) in [5.74, 6) is 0.194. The lowest BCUT2D eigenvalue weighted by Gasteiger charge is -1.98. The number of ether oxygens (including phenoxy) is 2. The third-order valence-corrected chi connectivity index (χ3v) is 3.35. The first-order valence-corrected chi connectivity index (χ1v) is 5.30. The van der Waals surface area contributed by atoms with Crippen molar-refractivity contribution in [1.82, 2.24) is 4.98 Å². The minimum Gasteiger partial charge on any atom is -0.495 e. The van der Waals surface area contributed by atoms with E-state index in [1.54, 1.807) is 19.4 Å². The molecule has 2 heterocycles. The number of anilines is 1. The molecule has 0 aliphatic rings. The maximum Gasteiger partial charge on any atom is 0.350 e. The van der Waals surface area contributed by atoms with Crippen LogP contribution in [0.1, 0.15) is 9.67 Å². The summed E-state index contributed by atoms with van der Waals surface area (Å²) >= 11 is 1.22. The summed E-state index contributed by atoms with van der Waals surface area (Å²) in [6.45, 7) is 0. The number of pyridine rings is 1. The van der Waals surface area contributed by atoms with Gasteiger partial charge in [-0.3, -0.25) is 4.98 Å². The van der Waals surface area contributed by atoms with Gasteiger partial charge in [-0.15, -0.1) is 11.3 Å². The molecule has 0 amide bonds. The summed E-state index contributed by atoms with van der Waals surface area (Å²) in [7, 11) is 2.87. The van der Waals surface area contributed by atoms with Crippen molar-refractivity contribution in [1.29, 1.82) is 0 Å². The van der Waals surface area contributed by atoms with Gasteiger partial charge in [-0.2, -0.15) is 0 Å². The predicted octanol–water partition coefficient (Wildman–Crippen LogP) is 1.67. The highest BCUT2D eigenvalue weighted by molar-refractivity contribution is 7.21. The van der Waals surface area contributed by atoms with Crippen molar-refractivity contribution in [2.45, 2.75) is 0 Å². The van der Waals surface area contributed by atoms with E-state index in [1.165, 1.54) is 18.4 Å². The summed E-state index contributed by atoms with van der Waals surface area (Å²) in [5.41, 5.74) is 6.74. The van der Waals surface area contributed by atoms with E-state index in [0.717, 1.165) is 4.70 Å². The summed E-state index contributed by atoms with van der Waals surface area (Å²) in [6, 6.07) is 1.72. The number of esters is 1. The van der Waals surface area contributed by atoms with Crippen molar-refractivity contribution in [2.24, 2.45) is 0 Å². The largest absolute Gasteiger partial charge is 0.495 e. The number of carbonyl (C=O) groups is 1. The van der Waals surface area contributed by atoms with Crippen molar-refractivity contribution in [2.75, 3.05) is 20.0 Å². The third-order valence-electron chi connectivity index (χ3n) is 2.16. The molecule has 2 aromatic rings. The average molecular weight is 238 g/mol. The Kier molecular flexibility index (Phi) is 2.66. The van der Waals surface area contributed by atoms with E-state index >= 15 is 0 Å². The molecule has 0 aromatic carbocycles. The van der Waals surface area contributed by atoms with Gasteiger partial charge in [-0.25, -0.2) is 4.79 Å². The first-order chi connectivity index (χ1) is 7.69. The van der Waals surface area contributed by atoms with Crippen molar-refractivity contribution in [3.63, 3.8) is 0 Å². The lowest BCUT2D eigenvalue weighted by Crippen LogP contribution is -2.01. The Bertz CT molecular complexity index is 550. The maximum atomic E-state index is 11.4. The number of nitrogens with zero attached hydrogens (tertiary/aromatic N) is 1. The number of hydrogen-bond donors (Lipinski definition) is 1. The second kappa shape index (κ2) is 3.97. The Morgan fingerprint density at radius 3 is 2.88 bits per heavy atom. The second-order valence-electron chi connectivity index (χ2n) is 3.03. The maximum absolute atomic E-state index is 11.4. The first-order valence-electron chi connectivity index (χ1n) is 4.48. The molecule has 84 valence electrons. The van der Waals surface area contributed by atoms with Crippen LogP contribution in [0.4, 0.5) is 5.69 Å². The molecule has 0 aliphatic heterocycles. The van der Waals surface area contributed by atoms with E-state index in [2.05, 4.69) is 9.72 Å². The third kappa shape index (κ3) is 1.47. The number of hydrogen-bond acceptors (Lipinski definition) is 6. The van der Waals surface area contributed by atoms with Crippen LogP contribution in [0, 0.1) is 0 Å². The Morgan fingerprint density at radius 2 is 2.25 bits per heavy atom. The molecule has 0 spiro atoms. The number of aromatic nitrogens is 1. The van der Waals surface area contributed by atoms with Gasteiger partial charge in [-0.1, -0.05) is 0 Å². The molecule has 0 aliphatic carbocycles. The number of thiophene rings is 1. The fraction of sp³-hybridized carbons (Fsp3) is 0.200. The zero-order chi connectivity index (χ0) is 11.7. The lowest BCUT2D eigenvalue weighted by molar-refractivity contribution is 0.0607. The average Bonchev–Trinajstić information content (AvgIpc) is 2.66. The van der Waals surface area contributed by atoms with E-state index in [1.807, 2.05) is 0 Å². The van der Waals surface area contributed by atoms with Gasteiger partial charge >= 0.3 is 5.97 Å². The molecule has 16 heavy (non-hydrogen) atoms. The summed E-state index contributed by atoms with van der Waals surface area (Å²) in [6.07, 6.45) is 1.59. The Balaban J connectivity index is 2.72. The quantitative estimate of drug-likeness (QED) is 0.805. The molecule has 0 saturated carbocycles. The number of rotatable bonds is 2. The van der Waals surface area contributed by atoms with Crippen LogP contribution < -0.4 is 10.5 Å². The molecule has 0 radical (unpaired) electrons. The van der Waals surface area contributed by atoms with Gasteiger partial charge in [0.25, 0.3) is 0 Å². The van der Waals surface area contributed by atoms with Crippen LogP contribution in [-0.2, 0) is 4.74 Å². The van der Waals surface area contributed by atoms with E-state index in [-0.39, 0.29) is 0 Å². The van der Waals surface area contributed by atoms with Crippen molar-refractivity contribution in [3.05, 3.63) is 17.1 Å². The highest BCUT2D eigenvalue weighted by atomic mass is 32.1. The minimum absolute atomic E-state index is 0.339. The van der Waals surface area contributed by atoms with Gasteiger partial charge in [-0.05, 0) is 6.07 Å². The summed E-state index contributed by atoms with van der Waals surface area (Å²) in [4.78, 5) is 15.9. The number of fused-ring (bicyclic) bond motifs is 1. The van der Waals surface area contributed by atoms with E-state index in [4.69, 9.17) is 10.5 Å². The summed E-state index contributed by atoms with van der Waals surface area (Å²) < 4.78 is 10.6. The lowest BCUT2D eigenvalue weighted by atomic mass is 10.3. The molecule has 6 heteroatoms. The second-order valence-corrected chi connectivity index (χ2v) is 4.05. The molecule has 2 N–H and O–H groups in total. The fourth-order valence-electron chi connectivity index (χ4n) is 1.39. The number of carbonyl (C=O) groups excluding carboxylic acids is 1. The molecule has 5 nitrogen and oxygen atoms in total. The molecule has 0 fully saturated rings. The van der Waals surface area contributed by atoms with Crippen LogP contribution in [-0.4, -0.2) is 25.2 Å². The Labute approximate surface area is 95.8 Å². The molecule has 0 atom stereocenters. The van der Waals surface area contributed by atoms with E-state index in [9.17, 15) is 4.79 Å². The SMILES string of the molecule is COC(=O)c1sc2c(OC)ccnc2c1N. The number of methoxy groups -OCH3 is 2. The normalized spacial score (nSPS) is 10.4. The van der Waals surface area contributed by atoms with Crippen molar-refractivity contribution < 1.29 is 14.3 Å². The van der Waals surface area contributed by atoms with Gasteiger partial charge in [0.1, 0.15) is 16.1 Å². The van der Waals surface area contributed by atoms with Crippen molar-refractivity contribution >= 4 is 33.2 Å². The fourth-order valence-corrected chi connectivity index (χ4v) is 2.48. The van der Waals surface area contributed by atoms with Gasteiger partial charge in [0.05, 0.1) is 24.6 Å². The molecule has 0 saturated heterocycles. The standard InChI is InChI=1S/C10H10N2O3S/c1-14-5-3-4-12-7-6(11)9(10(13)15-2)16-8(5)7/h3-4H,11H2,1-2H3. The topological polar surface area (TPSA) is 74.4 Å².